The quantitative estimate of drug-likeness (QED) is 0.476. The lowest BCUT2D eigenvalue weighted by molar-refractivity contribution is -0.118. The fourth-order valence-electron chi connectivity index (χ4n) is 3.59. The first kappa shape index (κ1) is 22.3. The maximum atomic E-state index is 13.3. The number of nitrogens with zero attached hydrogens (tertiary/aromatic N) is 2. The zero-order valence-corrected chi connectivity index (χ0v) is 19.9. The molecule has 6 nitrogen and oxygen atoms in total. The van der Waals surface area contributed by atoms with Gasteiger partial charge in [-0.15, -0.1) is 11.8 Å². The van der Waals surface area contributed by atoms with Crippen LogP contribution in [0.3, 0.4) is 0 Å². The van der Waals surface area contributed by atoms with E-state index in [0.717, 1.165) is 40.1 Å². The van der Waals surface area contributed by atoms with Crippen molar-refractivity contribution >= 4 is 54.2 Å². The van der Waals surface area contributed by atoms with Crippen molar-refractivity contribution in [1.82, 2.24) is 4.98 Å². The van der Waals surface area contributed by atoms with Crippen LogP contribution in [0, 0.1) is 0 Å². The lowest BCUT2D eigenvalue weighted by atomic mass is 10.1. The van der Waals surface area contributed by atoms with E-state index in [4.69, 9.17) is 9.72 Å². The molecule has 2 heterocycles. The molecule has 1 atom stereocenters. The van der Waals surface area contributed by atoms with Gasteiger partial charge in [-0.3, -0.25) is 9.69 Å². The van der Waals surface area contributed by atoms with Crippen LogP contribution in [0.25, 0.3) is 10.2 Å². The van der Waals surface area contributed by atoms with Gasteiger partial charge in [0, 0.05) is 17.8 Å². The van der Waals surface area contributed by atoms with Crippen molar-refractivity contribution in [3.05, 3.63) is 48.0 Å². The minimum absolute atomic E-state index is 0.00333. The van der Waals surface area contributed by atoms with Crippen LogP contribution < -0.4 is 4.90 Å². The van der Waals surface area contributed by atoms with Gasteiger partial charge in [0.15, 0.2) is 15.0 Å². The summed E-state index contributed by atoms with van der Waals surface area (Å²) in [6.07, 6.45) is 5.28. The van der Waals surface area contributed by atoms with E-state index in [-0.39, 0.29) is 23.3 Å². The van der Waals surface area contributed by atoms with Gasteiger partial charge < -0.3 is 4.74 Å². The Balaban J connectivity index is 1.62. The van der Waals surface area contributed by atoms with Crippen LogP contribution >= 0.6 is 23.1 Å². The van der Waals surface area contributed by atoms with Gasteiger partial charge in [0.2, 0.25) is 5.91 Å². The van der Waals surface area contributed by atoms with E-state index in [0.29, 0.717) is 11.7 Å². The molecular weight excluding hydrogens is 452 g/mol. The number of hydrogen-bond acceptors (Lipinski definition) is 7. The molecule has 3 aromatic rings. The molecule has 0 N–H and O–H groups in total. The molecule has 1 amide bonds. The number of sulfone groups is 1. The third-order valence-electron chi connectivity index (χ3n) is 5.24. The van der Waals surface area contributed by atoms with Crippen molar-refractivity contribution in [3.63, 3.8) is 0 Å². The highest BCUT2D eigenvalue weighted by atomic mass is 32.2. The zero-order chi connectivity index (χ0) is 22.0. The number of carbonyl (C=O) groups excluding carboxylic acids is 1. The van der Waals surface area contributed by atoms with Crippen molar-refractivity contribution in [2.45, 2.75) is 35.2 Å². The number of amides is 1. The Morgan fingerprint density at radius 1 is 1.26 bits per heavy atom. The first-order valence-corrected chi connectivity index (χ1v) is 13.9. The number of rotatable bonds is 7. The highest BCUT2D eigenvalue weighted by Gasteiger charge is 2.26. The van der Waals surface area contributed by atoms with E-state index in [9.17, 15) is 13.2 Å². The van der Waals surface area contributed by atoms with Crippen molar-refractivity contribution in [2.24, 2.45) is 0 Å². The second kappa shape index (κ2) is 9.28. The summed E-state index contributed by atoms with van der Waals surface area (Å²) >= 11 is 3.15. The smallest absolute Gasteiger partial charge is 0.233 e. The molecule has 1 aliphatic rings. The maximum Gasteiger partial charge on any atom is 0.233 e. The summed E-state index contributed by atoms with van der Waals surface area (Å²) in [6, 6.07) is 12.5. The molecule has 2 aromatic carbocycles. The molecule has 0 saturated carbocycles. The Labute approximate surface area is 190 Å². The highest BCUT2D eigenvalue weighted by molar-refractivity contribution is 7.98. The molecule has 1 aromatic heterocycles. The average Bonchev–Trinajstić information content (AvgIpc) is 3.40. The Bertz CT molecular complexity index is 1180. The van der Waals surface area contributed by atoms with Gasteiger partial charge in [-0.25, -0.2) is 13.4 Å². The second-order valence-electron chi connectivity index (χ2n) is 7.54. The standard InChI is InChI=1S/C22H24N2O4S3/c1-29-18-6-3-7-19-21(18)23-22(30-19)24(14-16-5-4-12-28-16)20(25)13-15-8-10-17(11-9-15)31(2,26)27/h3,6-11,16H,4-5,12-14H2,1-2H3. The SMILES string of the molecule is CSc1cccc2sc(N(CC3CCCO3)C(=O)Cc3ccc(S(C)(=O)=O)cc3)nc12. The van der Waals surface area contributed by atoms with Gasteiger partial charge in [-0.05, 0) is 48.9 Å². The van der Waals surface area contributed by atoms with Crippen molar-refractivity contribution in [3.8, 4) is 0 Å². The van der Waals surface area contributed by atoms with Crippen molar-refractivity contribution in [2.75, 3.05) is 30.6 Å². The number of fused-ring (bicyclic) bond motifs is 1. The first-order chi connectivity index (χ1) is 14.8. The number of thioether (sulfide) groups is 1. The highest BCUT2D eigenvalue weighted by Crippen LogP contribution is 2.35. The van der Waals surface area contributed by atoms with Gasteiger partial charge in [0.05, 0.1) is 34.2 Å². The van der Waals surface area contributed by atoms with Gasteiger partial charge in [-0.1, -0.05) is 29.5 Å². The van der Waals surface area contributed by atoms with E-state index < -0.39 is 9.84 Å². The number of para-hydroxylation sites is 1. The molecule has 0 bridgehead atoms. The fourth-order valence-corrected chi connectivity index (χ4v) is 5.87. The maximum absolute atomic E-state index is 13.3. The molecule has 1 fully saturated rings. The molecule has 0 radical (unpaired) electrons. The summed E-state index contributed by atoms with van der Waals surface area (Å²) in [5.41, 5.74) is 1.68. The summed E-state index contributed by atoms with van der Waals surface area (Å²) < 4.78 is 30.2. The summed E-state index contributed by atoms with van der Waals surface area (Å²) in [7, 11) is -3.27. The molecule has 9 heteroatoms. The molecule has 4 rings (SSSR count). The summed E-state index contributed by atoms with van der Waals surface area (Å²) in [6.45, 7) is 1.19. The van der Waals surface area contributed by atoms with E-state index in [1.165, 1.54) is 17.6 Å². The van der Waals surface area contributed by atoms with Crippen LogP contribution in [0.1, 0.15) is 18.4 Å². The zero-order valence-electron chi connectivity index (χ0n) is 17.4. The fraction of sp³-hybridized carbons (Fsp3) is 0.364. The molecule has 31 heavy (non-hydrogen) atoms. The van der Waals surface area contributed by atoms with Crippen LogP contribution in [-0.2, 0) is 25.8 Å². The van der Waals surface area contributed by atoms with Crippen LogP contribution in [0.4, 0.5) is 5.13 Å². The Kier molecular flexibility index (Phi) is 6.66. The minimum atomic E-state index is -3.27. The molecule has 1 saturated heterocycles. The summed E-state index contributed by atoms with van der Waals surface area (Å²) in [4.78, 5) is 21.2. The van der Waals surface area contributed by atoms with Crippen molar-refractivity contribution in [1.29, 1.82) is 0 Å². The average molecular weight is 477 g/mol. The number of hydrogen-bond donors (Lipinski definition) is 0. The van der Waals surface area contributed by atoms with Gasteiger partial charge in [-0.2, -0.15) is 0 Å². The first-order valence-electron chi connectivity index (χ1n) is 9.99. The largest absolute Gasteiger partial charge is 0.376 e. The Morgan fingerprint density at radius 2 is 2.03 bits per heavy atom. The molecule has 164 valence electrons. The Morgan fingerprint density at radius 3 is 2.68 bits per heavy atom. The number of ether oxygens (including phenoxy) is 1. The van der Waals surface area contributed by atoms with E-state index in [2.05, 4.69) is 0 Å². The van der Waals surface area contributed by atoms with Crippen LogP contribution in [0.15, 0.2) is 52.3 Å². The normalized spacial score (nSPS) is 16.6. The van der Waals surface area contributed by atoms with Gasteiger partial charge >= 0.3 is 0 Å². The van der Waals surface area contributed by atoms with Crippen LogP contribution in [0.5, 0.6) is 0 Å². The minimum Gasteiger partial charge on any atom is -0.376 e. The Hall–Kier alpha value is -1.94. The molecular formula is C22H24N2O4S3. The summed E-state index contributed by atoms with van der Waals surface area (Å²) in [5, 5.41) is 0.671. The molecule has 0 aliphatic carbocycles. The summed E-state index contributed by atoms with van der Waals surface area (Å²) in [5.74, 6) is -0.0765. The number of carbonyl (C=O) groups is 1. The third kappa shape index (κ3) is 5.11. The second-order valence-corrected chi connectivity index (χ2v) is 11.4. The van der Waals surface area contributed by atoms with Gasteiger partial charge in [0.1, 0.15) is 0 Å². The molecule has 0 spiro atoms. The molecule has 1 aliphatic heterocycles. The number of thiazole rings is 1. The number of anilines is 1. The topological polar surface area (TPSA) is 76.6 Å². The van der Waals surface area contributed by atoms with Crippen LogP contribution in [-0.4, -0.2) is 51.1 Å². The monoisotopic (exact) mass is 476 g/mol. The number of aromatic nitrogens is 1. The van der Waals surface area contributed by atoms with Gasteiger partial charge in [0.25, 0.3) is 0 Å². The predicted molar refractivity (Wildman–Crippen MR) is 126 cm³/mol. The third-order valence-corrected chi connectivity index (χ3v) is 8.18. The lowest BCUT2D eigenvalue weighted by Crippen LogP contribution is -2.38. The molecule has 1 unspecified atom stereocenters. The van der Waals surface area contributed by atoms with Crippen LogP contribution in [0.2, 0.25) is 0 Å². The van der Waals surface area contributed by atoms with E-state index >= 15 is 0 Å². The van der Waals surface area contributed by atoms with E-state index in [1.54, 1.807) is 40.9 Å². The van der Waals surface area contributed by atoms with E-state index in [1.807, 2.05) is 24.5 Å². The number of benzene rings is 2. The van der Waals surface area contributed by atoms with Crippen molar-refractivity contribution < 1.29 is 17.9 Å². The predicted octanol–water partition coefficient (Wildman–Crippen LogP) is 4.18. The lowest BCUT2D eigenvalue weighted by Gasteiger charge is -2.23.